The summed E-state index contributed by atoms with van der Waals surface area (Å²) >= 11 is 1.36. The number of ether oxygens (including phenoxy) is 2. The van der Waals surface area contributed by atoms with Gasteiger partial charge in [-0.25, -0.2) is 9.59 Å². The Labute approximate surface area is 131 Å². The molecule has 0 aliphatic rings. The summed E-state index contributed by atoms with van der Waals surface area (Å²) in [5.41, 5.74) is 1.29. The minimum Gasteiger partial charge on any atom is -0.497 e. The molecular formula is C15H15NO5S. The van der Waals surface area contributed by atoms with Gasteiger partial charge in [0, 0.05) is 0 Å². The van der Waals surface area contributed by atoms with Crippen LogP contribution in [-0.2, 0) is 16.1 Å². The van der Waals surface area contributed by atoms with Crippen LogP contribution in [0.4, 0.5) is 4.79 Å². The largest absolute Gasteiger partial charge is 0.497 e. The molecule has 0 radical (unpaired) electrons. The van der Waals surface area contributed by atoms with Gasteiger partial charge in [0.15, 0.2) is 6.04 Å². The fourth-order valence-corrected chi connectivity index (χ4v) is 2.44. The van der Waals surface area contributed by atoms with Crippen LogP contribution >= 0.6 is 11.3 Å². The fourth-order valence-electron chi connectivity index (χ4n) is 1.76. The van der Waals surface area contributed by atoms with E-state index in [2.05, 4.69) is 5.32 Å². The minimum atomic E-state index is -1.14. The molecule has 1 aromatic heterocycles. The Morgan fingerprint density at radius 3 is 2.55 bits per heavy atom. The van der Waals surface area contributed by atoms with Crippen molar-refractivity contribution >= 4 is 23.4 Å². The van der Waals surface area contributed by atoms with E-state index >= 15 is 0 Å². The lowest BCUT2D eigenvalue weighted by molar-refractivity contribution is -0.139. The summed E-state index contributed by atoms with van der Waals surface area (Å²) in [6, 6.07) is 7.56. The predicted molar refractivity (Wildman–Crippen MR) is 81.0 cm³/mol. The topological polar surface area (TPSA) is 84.9 Å². The summed E-state index contributed by atoms with van der Waals surface area (Å²) in [6.45, 7) is 0.0474. The van der Waals surface area contributed by atoms with E-state index in [0.717, 1.165) is 5.56 Å². The number of carbonyl (C=O) groups excluding carboxylic acids is 1. The molecule has 0 aliphatic carbocycles. The van der Waals surface area contributed by atoms with E-state index in [1.54, 1.807) is 48.2 Å². The van der Waals surface area contributed by atoms with Crippen LogP contribution in [0.3, 0.4) is 0 Å². The number of carboxylic acid groups (broad SMARTS) is 1. The van der Waals surface area contributed by atoms with Crippen molar-refractivity contribution < 1.29 is 24.2 Å². The Kier molecular flexibility index (Phi) is 5.37. The van der Waals surface area contributed by atoms with Crippen molar-refractivity contribution in [1.82, 2.24) is 5.32 Å². The Bertz CT molecular complexity index is 624. The average Bonchev–Trinajstić information content (AvgIpc) is 3.04. The highest BCUT2D eigenvalue weighted by Gasteiger charge is 2.23. The van der Waals surface area contributed by atoms with Crippen LogP contribution in [0.15, 0.2) is 41.1 Å². The monoisotopic (exact) mass is 321 g/mol. The third kappa shape index (κ3) is 4.23. The molecule has 1 aromatic carbocycles. The van der Waals surface area contributed by atoms with Crippen molar-refractivity contribution in [3.63, 3.8) is 0 Å². The zero-order valence-electron chi connectivity index (χ0n) is 11.8. The molecule has 22 heavy (non-hydrogen) atoms. The lowest BCUT2D eigenvalue weighted by atomic mass is 10.1. The number of carboxylic acids is 1. The number of thiophene rings is 1. The predicted octanol–water partition coefficient (Wildman–Crippen LogP) is 2.81. The number of rotatable bonds is 6. The molecule has 2 rings (SSSR count). The van der Waals surface area contributed by atoms with Crippen molar-refractivity contribution in [2.45, 2.75) is 12.6 Å². The molecule has 0 spiro atoms. The van der Waals surface area contributed by atoms with E-state index in [9.17, 15) is 9.59 Å². The molecule has 1 atom stereocenters. The Morgan fingerprint density at radius 2 is 2.00 bits per heavy atom. The number of amides is 1. The quantitative estimate of drug-likeness (QED) is 0.854. The molecule has 1 unspecified atom stereocenters. The molecule has 0 saturated heterocycles. The molecule has 7 heteroatoms. The van der Waals surface area contributed by atoms with E-state index in [-0.39, 0.29) is 6.61 Å². The third-order valence-electron chi connectivity index (χ3n) is 2.91. The molecule has 0 bridgehead atoms. The third-order valence-corrected chi connectivity index (χ3v) is 3.62. The molecule has 0 aliphatic heterocycles. The van der Waals surface area contributed by atoms with Gasteiger partial charge >= 0.3 is 12.1 Å². The average molecular weight is 321 g/mol. The lowest BCUT2D eigenvalue weighted by Gasteiger charge is -2.13. The van der Waals surface area contributed by atoms with Gasteiger partial charge in [0.1, 0.15) is 12.4 Å². The SMILES string of the molecule is COc1ccc(COC(=O)NC(C(=O)O)c2ccsc2)cc1. The van der Waals surface area contributed by atoms with E-state index in [4.69, 9.17) is 14.6 Å². The second kappa shape index (κ2) is 7.46. The second-order valence-corrected chi connectivity index (χ2v) is 5.18. The number of benzene rings is 1. The standard InChI is InChI=1S/C15H15NO5S/c1-20-12-4-2-10(3-5-12)8-21-15(19)16-13(14(17)18)11-6-7-22-9-11/h2-7,9,13H,8H2,1H3,(H,16,19)(H,17,18). The van der Waals surface area contributed by atoms with Gasteiger partial charge in [-0.05, 0) is 40.1 Å². The van der Waals surface area contributed by atoms with Gasteiger partial charge in [0.25, 0.3) is 0 Å². The highest BCUT2D eigenvalue weighted by atomic mass is 32.1. The maximum atomic E-state index is 11.7. The number of alkyl carbamates (subject to hydrolysis) is 1. The number of aliphatic carboxylic acids is 1. The molecule has 0 saturated carbocycles. The lowest BCUT2D eigenvalue weighted by Crippen LogP contribution is -2.33. The molecule has 116 valence electrons. The van der Waals surface area contributed by atoms with Crippen LogP contribution < -0.4 is 10.1 Å². The van der Waals surface area contributed by atoms with Gasteiger partial charge in [0.2, 0.25) is 0 Å². The van der Waals surface area contributed by atoms with Gasteiger partial charge in [-0.3, -0.25) is 0 Å². The number of methoxy groups -OCH3 is 1. The molecule has 0 fully saturated rings. The number of carbonyl (C=O) groups is 2. The highest BCUT2D eigenvalue weighted by molar-refractivity contribution is 7.08. The van der Waals surface area contributed by atoms with E-state index in [1.165, 1.54) is 11.3 Å². The van der Waals surface area contributed by atoms with Crippen LogP contribution in [0.5, 0.6) is 5.75 Å². The molecule has 6 nitrogen and oxygen atoms in total. The zero-order valence-corrected chi connectivity index (χ0v) is 12.6. The number of hydrogen-bond acceptors (Lipinski definition) is 5. The first-order valence-electron chi connectivity index (χ1n) is 6.41. The molecule has 1 heterocycles. The first kappa shape index (κ1) is 15.8. The van der Waals surface area contributed by atoms with Crippen LogP contribution in [0.25, 0.3) is 0 Å². The van der Waals surface area contributed by atoms with Crippen molar-refractivity contribution in [3.8, 4) is 5.75 Å². The van der Waals surface area contributed by atoms with E-state index < -0.39 is 18.1 Å². The van der Waals surface area contributed by atoms with Gasteiger partial charge in [0.05, 0.1) is 7.11 Å². The molecule has 2 aromatic rings. The van der Waals surface area contributed by atoms with Crippen LogP contribution in [0.1, 0.15) is 17.2 Å². The van der Waals surface area contributed by atoms with Gasteiger partial charge < -0.3 is 19.9 Å². The Hall–Kier alpha value is -2.54. The van der Waals surface area contributed by atoms with Crippen LogP contribution in [0, 0.1) is 0 Å². The Morgan fingerprint density at radius 1 is 1.27 bits per heavy atom. The van der Waals surface area contributed by atoms with Crippen molar-refractivity contribution in [1.29, 1.82) is 0 Å². The van der Waals surface area contributed by atoms with Gasteiger partial charge in [-0.15, -0.1) is 0 Å². The van der Waals surface area contributed by atoms with Gasteiger partial charge in [-0.2, -0.15) is 11.3 Å². The van der Waals surface area contributed by atoms with Crippen LogP contribution in [-0.4, -0.2) is 24.3 Å². The summed E-state index contributed by atoms with van der Waals surface area (Å²) in [7, 11) is 1.56. The second-order valence-electron chi connectivity index (χ2n) is 4.40. The maximum Gasteiger partial charge on any atom is 0.408 e. The Balaban J connectivity index is 1.89. The normalized spacial score (nSPS) is 11.5. The maximum absolute atomic E-state index is 11.7. The molecule has 1 amide bonds. The summed E-state index contributed by atoms with van der Waals surface area (Å²) in [4.78, 5) is 22.9. The first-order valence-corrected chi connectivity index (χ1v) is 7.35. The van der Waals surface area contributed by atoms with Crippen LogP contribution in [0.2, 0.25) is 0 Å². The van der Waals surface area contributed by atoms with Crippen molar-refractivity contribution in [2.24, 2.45) is 0 Å². The summed E-state index contributed by atoms with van der Waals surface area (Å²) in [6.07, 6.45) is -0.783. The van der Waals surface area contributed by atoms with E-state index in [0.29, 0.717) is 11.3 Å². The first-order chi connectivity index (χ1) is 10.6. The van der Waals surface area contributed by atoms with Crippen molar-refractivity contribution in [2.75, 3.05) is 7.11 Å². The zero-order chi connectivity index (χ0) is 15.9. The smallest absolute Gasteiger partial charge is 0.408 e. The number of hydrogen-bond donors (Lipinski definition) is 2. The minimum absolute atomic E-state index is 0.0474. The summed E-state index contributed by atoms with van der Waals surface area (Å²) in [5.74, 6) is -0.434. The molecule has 2 N–H and O–H groups in total. The van der Waals surface area contributed by atoms with Crippen molar-refractivity contribution in [3.05, 3.63) is 52.2 Å². The number of nitrogens with one attached hydrogen (secondary N) is 1. The molecular weight excluding hydrogens is 306 g/mol. The fraction of sp³-hybridized carbons (Fsp3) is 0.200. The highest BCUT2D eigenvalue weighted by Crippen LogP contribution is 2.17. The van der Waals surface area contributed by atoms with E-state index in [1.807, 2.05) is 0 Å². The van der Waals surface area contributed by atoms with Gasteiger partial charge in [-0.1, -0.05) is 12.1 Å². The summed E-state index contributed by atoms with van der Waals surface area (Å²) < 4.78 is 10.1. The summed E-state index contributed by atoms with van der Waals surface area (Å²) in [5, 5.41) is 14.9.